The van der Waals surface area contributed by atoms with E-state index in [-0.39, 0.29) is 0 Å². The molecule has 0 N–H and O–H groups in total. The third kappa shape index (κ3) is 4.57. The average molecular weight is 440 g/mol. The van der Waals surface area contributed by atoms with Gasteiger partial charge in [-0.05, 0) is 34.8 Å². The van der Waals surface area contributed by atoms with Gasteiger partial charge in [-0.2, -0.15) is 4.74 Å². The van der Waals surface area contributed by atoms with Crippen molar-refractivity contribution in [2.75, 3.05) is 85.8 Å². The molecule has 0 bridgehead atoms. The van der Waals surface area contributed by atoms with Crippen molar-refractivity contribution in [3.63, 3.8) is 0 Å². The van der Waals surface area contributed by atoms with Gasteiger partial charge in [0.1, 0.15) is 0 Å². The Hall–Kier alpha value is 0.400. The molecule has 0 saturated carbocycles. The molecule has 3 aliphatic heterocycles. The number of piperazine rings is 1. The fourth-order valence-electron chi connectivity index (χ4n) is 3.09. The van der Waals surface area contributed by atoms with Crippen LogP contribution in [0.25, 0.3) is 0 Å². The van der Waals surface area contributed by atoms with E-state index in [0.29, 0.717) is 0 Å². The number of thiocarbonyl (C=S) groups is 1. The third-order valence-electron chi connectivity index (χ3n) is 4.68. The second-order valence-electron chi connectivity index (χ2n) is 6.30. The van der Waals surface area contributed by atoms with Crippen LogP contribution < -0.4 is 0 Å². The number of halogens is 1. The van der Waals surface area contributed by atoms with Gasteiger partial charge in [-0.15, -0.1) is 0 Å². The summed E-state index contributed by atoms with van der Waals surface area (Å²) in [5.41, 5.74) is 0. The first kappa shape index (κ1) is 19.2. The molecule has 3 fully saturated rings. The third-order valence-corrected chi connectivity index (χ3v) is 11.0. The predicted molar refractivity (Wildman–Crippen MR) is 105 cm³/mol. The molecule has 0 aromatic heterocycles. The topological polar surface area (TPSA) is 43.8 Å². The SMILES string of the molecule is CN1CCN(C(=S)N=P(Br)(N2CCOCC2)N2CCOCC2)CC1. The number of nitrogens with zero attached hydrogens (tertiary/aromatic N) is 5. The Morgan fingerprint density at radius 2 is 1.33 bits per heavy atom. The molecule has 7 nitrogen and oxygen atoms in total. The lowest BCUT2D eigenvalue weighted by Gasteiger charge is -2.43. The summed E-state index contributed by atoms with van der Waals surface area (Å²) < 4.78 is 21.1. The zero-order valence-corrected chi connectivity index (χ0v) is 17.6. The standard InChI is InChI=1S/C14H27BrN5O2PS/c1-17-2-4-18(5-3-17)14(24)16-23(15,19-6-10-21-11-7-19)20-8-12-22-13-9-20/h2-13H2,1H3. The van der Waals surface area contributed by atoms with Crippen LogP contribution in [0.2, 0.25) is 0 Å². The molecule has 24 heavy (non-hydrogen) atoms. The zero-order chi connectivity index (χ0) is 17.0. The van der Waals surface area contributed by atoms with Crippen LogP contribution in [0.15, 0.2) is 4.74 Å². The Kier molecular flexibility index (Phi) is 7.08. The van der Waals surface area contributed by atoms with Crippen LogP contribution in [-0.4, -0.2) is 110 Å². The largest absolute Gasteiger partial charge is 0.379 e. The van der Waals surface area contributed by atoms with Gasteiger partial charge in [0.25, 0.3) is 0 Å². The van der Waals surface area contributed by atoms with Crippen molar-refractivity contribution in [3.8, 4) is 0 Å². The van der Waals surface area contributed by atoms with Gasteiger partial charge in [0, 0.05) is 52.4 Å². The first-order valence-corrected chi connectivity index (χ1v) is 12.6. The Morgan fingerprint density at radius 1 is 0.875 bits per heavy atom. The van der Waals surface area contributed by atoms with Crippen molar-refractivity contribution < 1.29 is 9.47 Å². The molecule has 3 aliphatic rings. The molecule has 0 aromatic carbocycles. The van der Waals surface area contributed by atoms with E-state index in [2.05, 4.69) is 41.7 Å². The monoisotopic (exact) mass is 439 g/mol. The molecule has 138 valence electrons. The van der Waals surface area contributed by atoms with Crippen LogP contribution in [0, 0.1) is 0 Å². The summed E-state index contributed by atoms with van der Waals surface area (Å²) in [5.74, 6) is 0. The molecule has 3 saturated heterocycles. The fourth-order valence-corrected chi connectivity index (χ4v) is 8.58. The summed E-state index contributed by atoms with van der Waals surface area (Å²) in [6.07, 6.45) is 0. The Morgan fingerprint density at radius 3 is 1.79 bits per heavy atom. The highest BCUT2D eigenvalue weighted by molar-refractivity contribution is 9.40. The minimum Gasteiger partial charge on any atom is -0.379 e. The lowest BCUT2D eigenvalue weighted by Crippen LogP contribution is -2.46. The Labute approximate surface area is 158 Å². The summed E-state index contributed by atoms with van der Waals surface area (Å²) in [6.45, 7) is 10.6. The van der Waals surface area contributed by atoms with Crippen LogP contribution in [-0.2, 0) is 9.47 Å². The number of likely N-dealkylation sites (N-methyl/N-ethyl adjacent to an activating group) is 1. The summed E-state index contributed by atoms with van der Waals surface area (Å²) in [6, 6.07) is -2.01. The van der Waals surface area contributed by atoms with E-state index in [1.807, 2.05) is 0 Å². The number of ether oxygens (including phenoxy) is 2. The van der Waals surface area contributed by atoms with Crippen molar-refractivity contribution in [2.24, 2.45) is 4.74 Å². The zero-order valence-electron chi connectivity index (χ0n) is 14.3. The average Bonchev–Trinajstić information content (AvgIpc) is 2.63. The molecule has 0 amide bonds. The molecule has 0 aromatic rings. The van der Waals surface area contributed by atoms with Crippen LogP contribution in [0.3, 0.4) is 0 Å². The van der Waals surface area contributed by atoms with E-state index in [1.165, 1.54) is 0 Å². The van der Waals surface area contributed by atoms with Crippen molar-refractivity contribution in [1.29, 1.82) is 0 Å². The fraction of sp³-hybridized carbons (Fsp3) is 0.929. The number of morpholine rings is 2. The molecule has 0 aliphatic carbocycles. The lowest BCUT2D eigenvalue weighted by molar-refractivity contribution is 0.0589. The molecule has 3 rings (SSSR count). The maximum absolute atomic E-state index is 5.72. The van der Waals surface area contributed by atoms with Crippen molar-refractivity contribution in [2.45, 2.75) is 0 Å². The van der Waals surface area contributed by atoms with E-state index in [4.69, 9.17) is 26.4 Å². The molecule has 0 radical (unpaired) electrons. The van der Waals surface area contributed by atoms with Gasteiger partial charge in [0.2, 0.25) is 0 Å². The predicted octanol–water partition coefficient (Wildman–Crippen LogP) is 1.52. The normalized spacial score (nSPS) is 25.7. The van der Waals surface area contributed by atoms with Crippen LogP contribution in [0.5, 0.6) is 0 Å². The highest BCUT2D eigenvalue weighted by atomic mass is 79.9. The van der Waals surface area contributed by atoms with E-state index in [1.54, 1.807) is 0 Å². The first-order chi connectivity index (χ1) is 11.6. The van der Waals surface area contributed by atoms with E-state index in [9.17, 15) is 0 Å². The summed E-state index contributed by atoms with van der Waals surface area (Å²) in [5, 5.41) is 0.742. The number of hydrogen-bond acceptors (Lipinski definition) is 4. The number of rotatable bonds is 2. The molecule has 10 heteroatoms. The van der Waals surface area contributed by atoms with E-state index >= 15 is 0 Å². The van der Waals surface area contributed by atoms with Crippen LogP contribution in [0.1, 0.15) is 0 Å². The summed E-state index contributed by atoms with van der Waals surface area (Å²) >= 11 is 9.77. The van der Waals surface area contributed by atoms with Gasteiger partial charge in [0.05, 0.1) is 26.4 Å². The molecule has 0 spiro atoms. The number of hydrogen-bond donors (Lipinski definition) is 0. The molecule has 0 unspecified atom stereocenters. The minimum absolute atomic E-state index is 0.742. The van der Waals surface area contributed by atoms with E-state index < -0.39 is 6.06 Å². The van der Waals surface area contributed by atoms with Crippen LogP contribution >= 0.6 is 33.8 Å². The molecular formula is C14H27BrN5O2PS. The van der Waals surface area contributed by atoms with E-state index in [0.717, 1.165) is 83.9 Å². The lowest BCUT2D eigenvalue weighted by atomic mass is 10.3. The van der Waals surface area contributed by atoms with Gasteiger partial charge in [-0.3, -0.25) is 0 Å². The van der Waals surface area contributed by atoms with Crippen LogP contribution in [0.4, 0.5) is 0 Å². The highest BCUT2D eigenvalue weighted by Crippen LogP contribution is 2.63. The van der Waals surface area contributed by atoms with Gasteiger partial charge < -0.3 is 19.3 Å². The molecular weight excluding hydrogens is 413 g/mol. The van der Waals surface area contributed by atoms with Gasteiger partial charge in [-0.25, -0.2) is 9.34 Å². The Bertz CT molecular complexity index is 470. The Balaban J connectivity index is 1.80. The van der Waals surface area contributed by atoms with Crippen molar-refractivity contribution in [3.05, 3.63) is 0 Å². The van der Waals surface area contributed by atoms with Gasteiger partial charge in [-0.1, -0.05) is 0 Å². The maximum atomic E-state index is 5.72. The van der Waals surface area contributed by atoms with Gasteiger partial charge >= 0.3 is 0 Å². The molecule has 0 atom stereocenters. The second kappa shape index (κ2) is 8.86. The summed E-state index contributed by atoms with van der Waals surface area (Å²) in [7, 11) is 2.15. The van der Waals surface area contributed by atoms with Gasteiger partial charge in [0.15, 0.2) is 11.2 Å². The quantitative estimate of drug-likeness (QED) is 0.477. The smallest absolute Gasteiger partial charge is 0.197 e. The minimum atomic E-state index is -2.01. The highest BCUT2D eigenvalue weighted by Gasteiger charge is 2.35. The maximum Gasteiger partial charge on any atom is 0.197 e. The first-order valence-electron chi connectivity index (χ1n) is 8.55. The van der Waals surface area contributed by atoms with Crippen molar-refractivity contribution >= 4 is 38.9 Å². The second-order valence-corrected chi connectivity index (χ2v) is 11.8. The summed E-state index contributed by atoms with van der Waals surface area (Å²) in [4.78, 5) is 4.58. The van der Waals surface area contributed by atoms with Crippen molar-refractivity contribution in [1.82, 2.24) is 19.1 Å². The molecule has 3 heterocycles.